The fourth-order valence-corrected chi connectivity index (χ4v) is 4.67. The minimum atomic E-state index is -3.33. The first-order valence-electron chi connectivity index (χ1n) is 5.38. The molecule has 0 aromatic heterocycles. The summed E-state index contributed by atoms with van der Waals surface area (Å²) in [5, 5.41) is 0. The minimum Gasteiger partial charge on any atom is -0.281 e. The Morgan fingerprint density at radius 3 is 2.28 bits per heavy atom. The molecule has 0 amide bonds. The molecule has 0 saturated carbocycles. The van der Waals surface area contributed by atoms with Crippen molar-refractivity contribution in [3.8, 4) is 0 Å². The van der Waals surface area contributed by atoms with Gasteiger partial charge in [-0.2, -0.15) is 0 Å². The molecule has 0 atom stereocenters. The highest BCUT2D eigenvalue weighted by Gasteiger charge is 2.14. The third-order valence-corrected chi connectivity index (χ3v) is 5.10. The van der Waals surface area contributed by atoms with Crippen LogP contribution < -0.4 is 4.72 Å². The lowest BCUT2D eigenvalue weighted by molar-refractivity contribution is 0.598. The minimum absolute atomic E-state index is 0.0759. The van der Waals surface area contributed by atoms with Gasteiger partial charge in [-0.05, 0) is 69.3 Å². The quantitative estimate of drug-likeness (QED) is 0.553. The molecule has 0 radical (unpaired) electrons. The molecule has 0 unspecified atom stereocenters. The number of alkyl halides is 1. The number of benzene rings is 1. The maximum atomic E-state index is 11.9. The van der Waals surface area contributed by atoms with Crippen molar-refractivity contribution in [2.45, 2.75) is 19.8 Å². The Morgan fingerprint density at radius 2 is 1.78 bits per heavy atom. The summed E-state index contributed by atoms with van der Waals surface area (Å²) in [6.07, 6.45) is 1.25. The lowest BCUT2D eigenvalue weighted by Crippen LogP contribution is -2.17. The van der Waals surface area contributed by atoms with E-state index in [1.54, 1.807) is 0 Å². The van der Waals surface area contributed by atoms with Gasteiger partial charge in [-0.1, -0.05) is 0 Å². The van der Waals surface area contributed by atoms with Crippen LogP contribution in [0.25, 0.3) is 0 Å². The van der Waals surface area contributed by atoms with Crippen LogP contribution in [0, 0.1) is 6.92 Å². The van der Waals surface area contributed by atoms with Crippen LogP contribution in [0.1, 0.15) is 18.4 Å². The van der Waals surface area contributed by atoms with Crippen LogP contribution in [0.15, 0.2) is 21.1 Å². The molecule has 7 heteroatoms. The summed E-state index contributed by atoms with van der Waals surface area (Å²) in [6.45, 7) is 1.94. The van der Waals surface area contributed by atoms with E-state index in [1.165, 1.54) is 0 Å². The third-order valence-electron chi connectivity index (χ3n) is 2.24. The zero-order chi connectivity index (χ0) is 13.8. The van der Waals surface area contributed by atoms with Gasteiger partial charge in [0, 0.05) is 14.8 Å². The topological polar surface area (TPSA) is 46.2 Å². The predicted molar refractivity (Wildman–Crippen MR) is 83.9 cm³/mol. The van der Waals surface area contributed by atoms with Crippen molar-refractivity contribution < 1.29 is 8.42 Å². The largest absolute Gasteiger partial charge is 0.281 e. The summed E-state index contributed by atoms with van der Waals surface area (Å²) in [6, 6.07) is 3.72. The molecule has 0 heterocycles. The second-order valence-corrected chi connectivity index (χ2v) is 7.85. The van der Waals surface area contributed by atoms with Crippen LogP contribution in [0.3, 0.4) is 0 Å². The Hall–Kier alpha value is 0.220. The van der Waals surface area contributed by atoms with Crippen molar-refractivity contribution in [1.82, 2.24) is 0 Å². The molecule has 1 aromatic rings. The van der Waals surface area contributed by atoms with Gasteiger partial charge >= 0.3 is 0 Å². The molecule has 1 aromatic carbocycles. The Labute approximate surface area is 130 Å². The van der Waals surface area contributed by atoms with Crippen LogP contribution in [0.4, 0.5) is 5.69 Å². The van der Waals surface area contributed by atoms with Crippen LogP contribution in [0.5, 0.6) is 0 Å². The standard InChI is InChI=1S/C11H14Br2ClNO2S/c1-8-6-9(12)11(10(13)7-8)15-18(16,17)5-3-2-4-14/h6-7,15H,2-5H2,1H3. The van der Waals surface area contributed by atoms with Crippen molar-refractivity contribution in [2.24, 2.45) is 0 Å². The van der Waals surface area contributed by atoms with Crippen molar-refractivity contribution in [3.05, 3.63) is 26.6 Å². The maximum absolute atomic E-state index is 11.9. The zero-order valence-corrected chi connectivity index (χ0v) is 14.6. The molecule has 0 aliphatic carbocycles. The van der Waals surface area contributed by atoms with Crippen molar-refractivity contribution in [2.75, 3.05) is 16.4 Å². The summed E-state index contributed by atoms with van der Waals surface area (Å²) in [5.74, 6) is 0.555. The SMILES string of the molecule is Cc1cc(Br)c(NS(=O)(=O)CCCCCl)c(Br)c1. The van der Waals surface area contributed by atoms with E-state index in [9.17, 15) is 8.42 Å². The smallest absolute Gasteiger partial charge is 0.232 e. The molecular weight excluding hydrogens is 405 g/mol. The molecule has 0 bridgehead atoms. The molecule has 1 rings (SSSR count). The summed E-state index contributed by atoms with van der Waals surface area (Å²) < 4.78 is 27.7. The zero-order valence-electron chi connectivity index (χ0n) is 9.84. The number of sulfonamides is 1. The highest BCUT2D eigenvalue weighted by molar-refractivity contribution is 9.11. The molecule has 102 valence electrons. The summed E-state index contributed by atoms with van der Waals surface area (Å²) in [7, 11) is -3.33. The summed E-state index contributed by atoms with van der Waals surface area (Å²) >= 11 is 12.2. The molecule has 3 nitrogen and oxygen atoms in total. The highest BCUT2D eigenvalue weighted by Crippen LogP contribution is 2.33. The van der Waals surface area contributed by atoms with Crippen molar-refractivity contribution in [3.63, 3.8) is 0 Å². The summed E-state index contributed by atoms with van der Waals surface area (Å²) in [4.78, 5) is 0. The van der Waals surface area contributed by atoms with Crippen molar-refractivity contribution in [1.29, 1.82) is 0 Å². The maximum Gasteiger partial charge on any atom is 0.232 e. The fourth-order valence-electron chi connectivity index (χ4n) is 1.39. The lowest BCUT2D eigenvalue weighted by Gasteiger charge is -2.12. The second-order valence-electron chi connectivity index (χ2n) is 3.92. The van der Waals surface area contributed by atoms with Gasteiger partial charge in [-0.3, -0.25) is 4.72 Å². The van der Waals surface area contributed by atoms with E-state index in [2.05, 4.69) is 36.6 Å². The van der Waals surface area contributed by atoms with Gasteiger partial charge in [-0.25, -0.2) is 8.42 Å². The first-order valence-corrected chi connectivity index (χ1v) is 9.15. The van der Waals surface area contributed by atoms with E-state index in [0.717, 1.165) is 14.5 Å². The van der Waals surface area contributed by atoms with E-state index in [1.807, 2.05) is 19.1 Å². The number of anilines is 1. The van der Waals surface area contributed by atoms with Gasteiger partial charge in [-0.15, -0.1) is 11.6 Å². The van der Waals surface area contributed by atoms with Crippen molar-refractivity contribution >= 4 is 59.2 Å². The average Bonchev–Trinajstić information content (AvgIpc) is 2.23. The normalized spacial score (nSPS) is 11.6. The van der Waals surface area contributed by atoms with Gasteiger partial charge in [0.2, 0.25) is 10.0 Å². The molecule has 0 aliphatic heterocycles. The van der Waals surface area contributed by atoms with E-state index in [4.69, 9.17) is 11.6 Å². The van der Waals surface area contributed by atoms with Crippen LogP contribution in [-0.2, 0) is 10.0 Å². The Morgan fingerprint density at radius 1 is 1.22 bits per heavy atom. The number of hydrogen-bond acceptors (Lipinski definition) is 2. The van der Waals surface area contributed by atoms with Crippen LogP contribution >= 0.6 is 43.5 Å². The first kappa shape index (κ1) is 16.3. The monoisotopic (exact) mass is 417 g/mol. The van der Waals surface area contributed by atoms with E-state index in [-0.39, 0.29) is 5.75 Å². The average molecular weight is 420 g/mol. The predicted octanol–water partition coefficient (Wildman–Crippen LogP) is 4.28. The van der Waals surface area contributed by atoms with Crippen LogP contribution in [0.2, 0.25) is 0 Å². The van der Waals surface area contributed by atoms with Gasteiger partial charge in [0.05, 0.1) is 11.4 Å². The Kier molecular flexibility index (Phi) is 6.44. The molecule has 1 N–H and O–H groups in total. The number of unbranched alkanes of at least 4 members (excludes halogenated alkanes) is 1. The van der Waals surface area contributed by atoms with Gasteiger partial charge in [0.25, 0.3) is 0 Å². The third kappa shape index (κ3) is 5.07. The molecular formula is C11H14Br2ClNO2S. The number of nitrogens with one attached hydrogen (secondary N) is 1. The number of halogens is 3. The molecule has 0 fully saturated rings. The summed E-state index contributed by atoms with van der Waals surface area (Å²) in [5.41, 5.74) is 1.57. The van der Waals surface area contributed by atoms with E-state index in [0.29, 0.717) is 24.4 Å². The Balaban J connectivity index is 2.84. The molecule has 0 saturated heterocycles. The molecule has 18 heavy (non-hydrogen) atoms. The van der Waals surface area contributed by atoms with Gasteiger partial charge < -0.3 is 0 Å². The number of aryl methyl sites for hydroxylation is 1. The Bertz CT molecular complexity index is 497. The van der Waals surface area contributed by atoms with Gasteiger partial charge in [0.15, 0.2) is 0 Å². The van der Waals surface area contributed by atoms with E-state index < -0.39 is 10.0 Å². The second kappa shape index (κ2) is 7.12. The van der Waals surface area contributed by atoms with E-state index >= 15 is 0 Å². The fraction of sp³-hybridized carbons (Fsp3) is 0.455. The number of rotatable bonds is 6. The van der Waals surface area contributed by atoms with Crippen LogP contribution in [-0.4, -0.2) is 20.1 Å². The molecule has 0 aliphatic rings. The van der Waals surface area contributed by atoms with Gasteiger partial charge in [0.1, 0.15) is 0 Å². The highest BCUT2D eigenvalue weighted by atomic mass is 79.9. The first-order chi connectivity index (χ1) is 8.35. The number of hydrogen-bond donors (Lipinski definition) is 1. The lowest BCUT2D eigenvalue weighted by atomic mass is 10.2. The molecule has 0 spiro atoms.